The van der Waals surface area contributed by atoms with Crippen LogP contribution in [0.3, 0.4) is 0 Å². The molecule has 6 heteroatoms. The highest BCUT2D eigenvalue weighted by Gasteiger charge is 2.14. The van der Waals surface area contributed by atoms with Gasteiger partial charge in [0.2, 0.25) is 0 Å². The van der Waals surface area contributed by atoms with Gasteiger partial charge in [-0.25, -0.2) is 9.78 Å². The highest BCUT2D eigenvalue weighted by molar-refractivity contribution is 5.74. The Labute approximate surface area is 118 Å². The molecule has 0 aromatic carbocycles. The second kappa shape index (κ2) is 6.27. The molecule has 0 spiro atoms. The van der Waals surface area contributed by atoms with Crippen molar-refractivity contribution < 1.29 is 9.21 Å². The van der Waals surface area contributed by atoms with Crippen LogP contribution in [0.1, 0.15) is 31.4 Å². The number of carbonyl (C=O) groups excluding carboxylic acids is 1. The molecule has 2 atom stereocenters. The molecule has 20 heavy (non-hydrogen) atoms. The first-order valence-corrected chi connectivity index (χ1v) is 6.63. The predicted molar refractivity (Wildman–Crippen MR) is 75.2 cm³/mol. The molecule has 0 bridgehead atoms. The summed E-state index contributed by atoms with van der Waals surface area (Å²) in [5.41, 5.74) is 0. The molecular weight excluding hydrogens is 256 g/mol. The molecule has 0 unspecified atom stereocenters. The van der Waals surface area contributed by atoms with Crippen LogP contribution in [-0.4, -0.2) is 21.6 Å². The van der Waals surface area contributed by atoms with Crippen LogP contribution in [0.4, 0.5) is 4.79 Å². The van der Waals surface area contributed by atoms with Crippen LogP contribution in [0, 0.1) is 6.92 Å². The van der Waals surface area contributed by atoms with Gasteiger partial charge in [0.15, 0.2) is 0 Å². The molecule has 0 aliphatic heterocycles. The number of carbonyl (C=O) groups is 1. The molecule has 2 amide bonds. The number of aromatic nitrogens is 2. The minimum Gasteiger partial charge on any atom is -0.464 e. The van der Waals surface area contributed by atoms with Gasteiger partial charge in [-0.2, -0.15) is 0 Å². The zero-order valence-electron chi connectivity index (χ0n) is 12.0. The van der Waals surface area contributed by atoms with Gasteiger partial charge in [0.25, 0.3) is 0 Å². The molecule has 0 saturated carbocycles. The fourth-order valence-electron chi connectivity index (χ4n) is 1.98. The van der Waals surface area contributed by atoms with Crippen LogP contribution in [0.25, 0.3) is 0 Å². The highest BCUT2D eigenvalue weighted by Crippen LogP contribution is 2.15. The Morgan fingerprint density at radius 3 is 2.80 bits per heavy atom. The molecule has 0 aliphatic rings. The summed E-state index contributed by atoms with van der Waals surface area (Å²) in [4.78, 5) is 15.9. The van der Waals surface area contributed by atoms with Gasteiger partial charge in [-0.1, -0.05) is 0 Å². The normalized spacial score (nSPS) is 13.8. The summed E-state index contributed by atoms with van der Waals surface area (Å²) in [5.74, 6) is 1.59. The summed E-state index contributed by atoms with van der Waals surface area (Å²) in [6.45, 7) is 6.39. The number of rotatable bonds is 5. The maximum atomic E-state index is 11.9. The number of nitrogens with zero attached hydrogens (tertiary/aromatic N) is 2. The van der Waals surface area contributed by atoms with Crippen molar-refractivity contribution in [2.75, 3.05) is 0 Å². The summed E-state index contributed by atoms with van der Waals surface area (Å²) >= 11 is 0. The van der Waals surface area contributed by atoms with Crippen molar-refractivity contribution in [2.45, 2.75) is 39.4 Å². The van der Waals surface area contributed by atoms with Crippen molar-refractivity contribution >= 4 is 6.03 Å². The van der Waals surface area contributed by atoms with Crippen LogP contribution < -0.4 is 10.6 Å². The molecule has 0 radical (unpaired) electrons. The number of nitrogens with one attached hydrogen (secondary N) is 2. The van der Waals surface area contributed by atoms with Crippen LogP contribution in [0.5, 0.6) is 0 Å². The average molecular weight is 276 g/mol. The molecule has 0 saturated heterocycles. The van der Waals surface area contributed by atoms with Crippen LogP contribution in [0.2, 0.25) is 0 Å². The standard InChI is InChI=1S/C14H20N4O2/c1-10(8-18-7-6-15-9-18)16-14(19)17-12(3)13-5-4-11(2)20-13/h4-7,9-10,12H,8H2,1-3H3,(H2,16,17,19)/t10-,12+/m1/s1. The van der Waals surface area contributed by atoms with Crippen molar-refractivity contribution in [1.29, 1.82) is 0 Å². The molecule has 108 valence electrons. The van der Waals surface area contributed by atoms with Gasteiger partial charge in [-0.3, -0.25) is 0 Å². The average Bonchev–Trinajstić information content (AvgIpc) is 3.00. The maximum absolute atomic E-state index is 11.9. The van der Waals surface area contributed by atoms with Crippen molar-refractivity contribution in [1.82, 2.24) is 20.2 Å². The first-order valence-electron chi connectivity index (χ1n) is 6.63. The van der Waals surface area contributed by atoms with E-state index in [9.17, 15) is 4.79 Å². The largest absolute Gasteiger partial charge is 0.464 e. The molecule has 0 fully saturated rings. The predicted octanol–water partition coefficient (Wildman–Crippen LogP) is 2.23. The molecule has 6 nitrogen and oxygen atoms in total. The second-order valence-corrected chi connectivity index (χ2v) is 4.95. The van der Waals surface area contributed by atoms with E-state index in [0.717, 1.165) is 11.5 Å². The third kappa shape index (κ3) is 3.88. The third-order valence-corrected chi connectivity index (χ3v) is 2.96. The number of urea groups is 1. The van der Waals surface area contributed by atoms with Gasteiger partial charge >= 0.3 is 6.03 Å². The van der Waals surface area contributed by atoms with E-state index in [4.69, 9.17) is 4.42 Å². The molecule has 0 aliphatic carbocycles. The van der Waals surface area contributed by atoms with Gasteiger partial charge in [-0.05, 0) is 32.9 Å². The monoisotopic (exact) mass is 276 g/mol. The first-order chi connectivity index (χ1) is 9.54. The zero-order chi connectivity index (χ0) is 14.5. The van der Waals surface area contributed by atoms with Gasteiger partial charge < -0.3 is 19.6 Å². The Balaban J connectivity index is 1.80. The Morgan fingerprint density at radius 2 is 2.20 bits per heavy atom. The lowest BCUT2D eigenvalue weighted by atomic mass is 10.2. The number of hydrogen-bond acceptors (Lipinski definition) is 3. The summed E-state index contributed by atoms with van der Waals surface area (Å²) in [5, 5.41) is 5.74. The van der Waals surface area contributed by atoms with Crippen LogP contribution in [0.15, 0.2) is 35.3 Å². The lowest BCUT2D eigenvalue weighted by Crippen LogP contribution is -2.43. The van der Waals surface area contributed by atoms with E-state index in [1.165, 1.54) is 0 Å². The number of furan rings is 1. The molecule has 2 N–H and O–H groups in total. The summed E-state index contributed by atoms with van der Waals surface area (Å²) in [6, 6.07) is 3.39. The Morgan fingerprint density at radius 1 is 1.40 bits per heavy atom. The van der Waals surface area contributed by atoms with E-state index in [2.05, 4.69) is 15.6 Å². The number of amides is 2. The quantitative estimate of drug-likeness (QED) is 0.879. The van der Waals surface area contributed by atoms with E-state index in [1.807, 2.05) is 43.7 Å². The van der Waals surface area contributed by atoms with E-state index < -0.39 is 0 Å². The maximum Gasteiger partial charge on any atom is 0.315 e. The minimum absolute atomic E-state index is 0.00902. The van der Waals surface area contributed by atoms with Crippen molar-refractivity contribution in [3.05, 3.63) is 42.4 Å². The Bertz CT molecular complexity index is 547. The van der Waals surface area contributed by atoms with Crippen molar-refractivity contribution in [2.24, 2.45) is 0 Å². The van der Waals surface area contributed by atoms with Gasteiger partial charge in [-0.15, -0.1) is 0 Å². The lowest BCUT2D eigenvalue weighted by Gasteiger charge is -2.17. The van der Waals surface area contributed by atoms with E-state index in [-0.39, 0.29) is 18.1 Å². The summed E-state index contributed by atoms with van der Waals surface area (Å²) in [7, 11) is 0. The van der Waals surface area contributed by atoms with Crippen LogP contribution >= 0.6 is 0 Å². The van der Waals surface area contributed by atoms with Gasteiger partial charge in [0, 0.05) is 25.0 Å². The zero-order valence-corrected chi connectivity index (χ0v) is 12.0. The number of aryl methyl sites for hydroxylation is 1. The molecular formula is C14H20N4O2. The third-order valence-electron chi connectivity index (χ3n) is 2.96. The first kappa shape index (κ1) is 14.2. The lowest BCUT2D eigenvalue weighted by molar-refractivity contribution is 0.231. The van der Waals surface area contributed by atoms with E-state index in [0.29, 0.717) is 6.54 Å². The number of imidazole rings is 1. The van der Waals surface area contributed by atoms with Crippen molar-refractivity contribution in [3.63, 3.8) is 0 Å². The van der Waals surface area contributed by atoms with Crippen LogP contribution in [-0.2, 0) is 6.54 Å². The topological polar surface area (TPSA) is 72.1 Å². The van der Waals surface area contributed by atoms with E-state index in [1.54, 1.807) is 12.5 Å². The molecule has 2 heterocycles. The SMILES string of the molecule is Cc1ccc([C@H](C)NC(=O)N[C@H](C)Cn2ccnc2)o1. The fourth-order valence-corrected chi connectivity index (χ4v) is 1.98. The Hall–Kier alpha value is -2.24. The van der Waals surface area contributed by atoms with Crippen molar-refractivity contribution in [3.8, 4) is 0 Å². The summed E-state index contributed by atoms with van der Waals surface area (Å²) < 4.78 is 7.40. The number of hydrogen-bond donors (Lipinski definition) is 2. The second-order valence-electron chi connectivity index (χ2n) is 4.95. The molecule has 2 aromatic heterocycles. The van der Waals surface area contributed by atoms with E-state index >= 15 is 0 Å². The Kier molecular flexibility index (Phi) is 4.45. The smallest absolute Gasteiger partial charge is 0.315 e. The molecule has 2 aromatic rings. The van der Waals surface area contributed by atoms with Gasteiger partial charge in [0.1, 0.15) is 11.5 Å². The minimum atomic E-state index is -0.209. The van der Waals surface area contributed by atoms with Gasteiger partial charge in [0.05, 0.1) is 12.4 Å². The summed E-state index contributed by atoms with van der Waals surface area (Å²) in [6.07, 6.45) is 5.31. The fraction of sp³-hybridized carbons (Fsp3) is 0.429. The highest BCUT2D eigenvalue weighted by atomic mass is 16.3. The molecule has 2 rings (SSSR count).